The highest BCUT2D eigenvalue weighted by Gasteiger charge is 2.04. The largest absolute Gasteiger partial charge is 0.346 e. The molecule has 3 heteroatoms. The van der Waals surface area contributed by atoms with Crippen LogP contribution in [0.15, 0.2) is 24.5 Å². The predicted molar refractivity (Wildman–Crippen MR) is 53.4 cm³/mol. The fourth-order valence-electron chi connectivity index (χ4n) is 1.53. The van der Waals surface area contributed by atoms with Crippen molar-refractivity contribution in [1.82, 2.24) is 9.97 Å². The molecule has 0 amide bonds. The lowest BCUT2D eigenvalue weighted by Gasteiger charge is -2.01. The molecule has 3 N–H and O–H groups in total. The number of hydrogen-bond donors (Lipinski definition) is 2. The smallest absolute Gasteiger partial charge is 0.137 e. The summed E-state index contributed by atoms with van der Waals surface area (Å²) < 4.78 is 0. The van der Waals surface area contributed by atoms with Crippen LogP contribution >= 0.6 is 0 Å². The number of aromatic amines is 1. The quantitative estimate of drug-likeness (QED) is 0.725. The Balaban J connectivity index is 2.46. The number of aromatic nitrogens is 2. The number of fused-ring (bicyclic) bond motifs is 1. The highest BCUT2D eigenvalue weighted by Crippen LogP contribution is 2.16. The van der Waals surface area contributed by atoms with E-state index >= 15 is 0 Å². The highest BCUT2D eigenvalue weighted by atomic mass is 14.8. The Bertz CT molecular complexity index is 403. The van der Waals surface area contributed by atoms with Crippen LogP contribution in [0.4, 0.5) is 0 Å². The minimum absolute atomic E-state index is 0.194. The summed E-state index contributed by atoms with van der Waals surface area (Å²) in [5, 5.41) is 1.18. The Kier molecular flexibility index (Phi) is 2.02. The molecule has 13 heavy (non-hydrogen) atoms. The van der Waals surface area contributed by atoms with Crippen LogP contribution in [0.2, 0.25) is 0 Å². The van der Waals surface area contributed by atoms with Gasteiger partial charge >= 0.3 is 0 Å². The molecule has 0 saturated heterocycles. The molecule has 1 atom stereocenters. The van der Waals surface area contributed by atoms with E-state index in [-0.39, 0.29) is 6.04 Å². The van der Waals surface area contributed by atoms with Gasteiger partial charge in [0, 0.05) is 23.8 Å². The van der Waals surface area contributed by atoms with Crippen LogP contribution in [0.25, 0.3) is 11.0 Å². The van der Waals surface area contributed by atoms with Crippen molar-refractivity contribution in [3.05, 3.63) is 30.1 Å². The molecule has 0 fully saturated rings. The van der Waals surface area contributed by atoms with E-state index in [9.17, 15) is 0 Å². The van der Waals surface area contributed by atoms with Crippen molar-refractivity contribution in [2.75, 3.05) is 0 Å². The second kappa shape index (κ2) is 3.18. The molecule has 0 bridgehead atoms. The van der Waals surface area contributed by atoms with E-state index in [2.05, 4.69) is 16.0 Å². The summed E-state index contributed by atoms with van der Waals surface area (Å²) in [5.74, 6) is 0. The summed E-state index contributed by atoms with van der Waals surface area (Å²) in [4.78, 5) is 7.34. The van der Waals surface area contributed by atoms with Gasteiger partial charge in [-0.2, -0.15) is 0 Å². The lowest BCUT2D eigenvalue weighted by molar-refractivity contribution is 0.741. The van der Waals surface area contributed by atoms with Crippen molar-refractivity contribution in [2.45, 2.75) is 19.4 Å². The first-order valence-corrected chi connectivity index (χ1v) is 4.44. The zero-order valence-electron chi connectivity index (χ0n) is 7.62. The molecule has 0 radical (unpaired) electrons. The summed E-state index contributed by atoms with van der Waals surface area (Å²) in [6, 6.07) is 4.21. The van der Waals surface area contributed by atoms with Crippen LogP contribution in [0, 0.1) is 0 Å². The lowest BCUT2D eigenvalue weighted by Crippen LogP contribution is -2.17. The van der Waals surface area contributed by atoms with E-state index in [1.165, 1.54) is 10.9 Å². The van der Waals surface area contributed by atoms with Gasteiger partial charge in [0.05, 0.1) is 0 Å². The molecular formula is C10H13N3. The monoisotopic (exact) mass is 175 g/mol. The molecule has 3 nitrogen and oxygen atoms in total. The third-order valence-electron chi connectivity index (χ3n) is 2.08. The number of H-pyrrole nitrogens is 1. The third kappa shape index (κ3) is 1.55. The van der Waals surface area contributed by atoms with Gasteiger partial charge in [-0.25, -0.2) is 4.98 Å². The molecule has 2 rings (SSSR count). The van der Waals surface area contributed by atoms with Crippen LogP contribution in [0.5, 0.6) is 0 Å². The summed E-state index contributed by atoms with van der Waals surface area (Å²) in [6.45, 7) is 2.01. The van der Waals surface area contributed by atoms with Crippen LogP contribution in [0.1, 0.15) is 12.5 Å². The van der Waals surface area contributed by atoms with Crippen molar-refractivity contribution in [1.29, 1.82) is 0 Å². The van der Waals surface area contributed by atoms with Gasteiger partial charge in [0.1, 0.15) is 5.65 Å². The molecule has 0 aliphatic carbocycles. The summed E-state index contributed by atoms with van der Waals surface area (Å²) in [6.07, 6.45) is 4.67. The number of nitrogens with one attached hydrogen (secondary N) is 1. The predicted octanol–water partition coefficient (Wildman–Crippen LogP) is 1.45. The van der Waals surface area contributed by atoms with Crippen LogP contribution in [-0.4, -0.2) is 16.0 Å². The summed E-state index contributed by atoms with van der Waals surface area (Å²) in [5.41, 5.74) is 7.93. The fourth-order valence-corrected chi connectivity index (χ4v) is 1.53. The lowest BCUT2D eigenvalue weighted by atomic mass is 10.1. The zero-order valence-corrected chi connectivity index (χ0v) is 7.62. The first-order chi connectivity index (χ1) is 6.27. The van der Waals surface area contributed by atoms with Crippen LogP contribution < -0.4 is 5.73 Å². The standard InChI is InChI=1S/C10H13N3/c1-7(11)5-8-6-13-10-9(8)3-2-4-12-10/h2-4,6-7H,5,11H2,1H3,(H,12,13). The number of hydrogen-bond acceptors (Lipinski definition) is 2. The normalized spacial score (nSPS) is 13.4. The number of nitrogens with two attached hydrogens (primary N) is 1. The second-order valence-corrected chi connectivity index (χ2v) is 3.39. The molecule has 2 heterocycles. The molecule has 0 saturated carbocycles. The third-order valence-corrected chi connectivity index (χ3v) is 2.08. The molecule has 0 spiro atoms. The van der Waals surface area contributed by atoms with Gasteiger partial charge in [-0.3, -0.25) is 0 Å². The Hall–Kier alpha value is -1.35. The van der Waals surface area contributed by atoms with Gasteiger partial charge in [0.25, 0.3) is 0 Å². The number of rotatable bonds is 2. The molecule has 2 aromatic rings. The maximum absolute atomic E-state index is 5.74. The van der Waals surface area contributed by atoms with E-state index in [0.717, 1.165) is 12.1 Å². The highest BCUT2D eigenvalue weighted by molar-refractivity contribution is 5.79. The van der Waals surface area contributed by atoms with Gasteiger partial charge in [-0.1, -0.05) is 0 Å². The average molecular weight is 175 g/mol. The number of nitrogens with zero attached hydrogens (tertiary/aromatic N) is 1. The minimum atomic E-state index is 0.194. The van der Waals surface area contributed by atoms with Crippen molar-refractivity contribution in [2.24, 2.45) is 5.73 Å². The van der Waals surface area contributed by atoms with E-state index in [1.807, 2.05) is 19.2 Å². The fraction of sp³-hybridized carbons (Fsp3) is 0.300. The van der Waals surface area contributed by atoms with Crippen LogP contribution in [-0.2, 0) is 6.42 Å². The zero-order chi connectivity index (χ0) is 9.26. The first kappa shape index (κ1) is 8.26. The molecule has 2 aromatic heterocycles. The summed E-state index contributed by atoms with van der Waals surface area (Å²) in [7, 11) is 0. The minimum Gasteiger partial charge on any atom is -0.346 e. The van der Waals surface area contributed by atoms with Gasteiger partial charge in [-0.15, -0.1) is 0 Å². The molecule has 0 aromatic carbocycles. The molecular weight excluding hydrogens is 162 g/mol. The Morgan fingerprint density at radius 1 is 1.62 bits per heavy atom. The van der Waals surface area contributed by atoms with Gasteiger partial charge in [-0.05, 0) is 31.0 Å². The summed E-state index contributed by atoms with van der Waals surface area (Å²) >= 11 is 0. The van der Waals surface area contributed by atoms with Gasteiger partial charge in [0.2, 0.25) is 0 Å². The molecule has 68 valence electrons. The molecule has 1 unspecified atom stereocenters. The second-order valence-electron chi connectivity index (χ2n) is 3.39. The maximum atomic E-state index is 5.74. The first-order valence-electron chi connectivity index (χ1n) is 4.44. The van der Waals surface area contributed by atoms with Crippen LogP contribution in [0.3, 0.4) is 0 Å². The van der Waals surface area contributed by atoms with E-state index in [1.54, 1.807) is 6.20 Å². The molecule has 0 aliphatic heterocycles. The van der Waals surface area contributed by atoms with Gasteiger partial charge < -0.3 is 10.7 Å². The Morgan fingerprint density at radius 2 is 2.46 bits per heavy atom. The van der Waals surface area contributed by atoms with E-state index in [4.69, 9.17) is 5.73 Å². The maximum Gasteiger partial charge on any atom is 0.137 e. The van der Waals surface area contributed by atoms with E-state index < -0.39 is 0 Å². The van der Waals surface area contributed by atoms with E-state index in [0.29, 0.717) is 0 Å². The van der Waals surface area contributed by atoms with Crippen molar-refractivity contribution >= 4 is 11.0 Å². The SMILES string of the molecule is CC(N)Cc1c[nH]c2ncccc12. The van der Waals surface area contributed by atoms with Gasteiger partial charge in [0.15, 0.2) is 0 Å². The molecule has 0 aliphatic rings. The number of pyridine rings is 1. The van der Waals surface area contributed by atoms with Crippen molar-refractivity contribution in [3.63, 3.8) is 0 Å². The van der Waals surface area contributed by atoms with Crippen molar-refractivity contribution in [3.8, 4) is 0 Å². The Labute approximate surface area is 77.0 Å². The Morgan fingerprint density at radius 3 is 3.23 bits per heavy atom. The average Bonchev–Trinajstić information content (AvgIpc) is 2.48. The topological polar surface area (TPSA) is 54.7 Å². The van der Waals surface area contributed by atoms with Crippen molar-refractivity contribution < 1.29 is 0 Å².